The molecule has 0 spiro atoms. The highest BCUT2D eigenvalue weighted by Gasteiger charge is 2.17. The lowest BCUT2D eigenvalue weighted by atomic mass is 9.90. The molecule has 0 aliphatic heterocycles. The van der Waals surface area contributed by atoms with Gasteiger partial charge in [-0.15, -0.1) is 22.9 Å². The van der Waals surface area contributed by atoms with E-state index in [1.54, 1.807) is 11.3 Å². The molecule has 0 fully saturated rings. The molecule has 0 saturated heterocycles. The minimum atomic E-state index is 0.157. The fourth-order valence-electron chi connectivity index (χ4n) is 1.48. The van der Waals surface area contributed by atoms with Crippen LogP contribution in [0.1, 0.15) is 37.8 Å². The van der Waals surface area contributed by atoms with Gasteiger partial charge >= 0.3 is 0 Å². The molecule has 0 aromatic carbocycles. The summed E-state index contributed by atoms with van der Waals surface area (Å²) < 4.78 is 0. The first-order chi connectivity index (χ1) is 7.28. The van der Waals surface area contributed by atoms with E-state index in [-0.39, 0.29) is 10.8 Å². The van der Waals surface area contributed by atoms with E-state index in [0.29, 0.717) is 0 Å². The SMILES string of the molecule is Cc1nc(NCC(Cl)CC(C)(C)C)sc1C. The molecule has 0 aliphatic carbocycles. The molecule has 1 rings (SSSR count). The molecule has 16 heavy (non-hydrogen) atoms. The third kappa shape index (κ3) is 4.71. The lowest BCUT2D eigenvalue weighted by Crippen LogP contribution is -2.20. The topological polar surface area (TPSA) is 24.9 Å². The Balaban J connectivity index is 2.40. The Labute approximate surface area is 107 Å². The van der Waals surface area contributed by atoms with Crippen LogP contribution in [0, 0.1) is 19.3 Å². The van der Waals surface area contributed by atoms with Crippen molar-refractivity contribution < 1.29 is 0 Å². The van der Waals surface area contributed by atoms with Crippen LogP contribution in [0.5, 0.6) is 0 Å². The highest BCUT2D eigenvalue weighted by Crippen LogP contribution is 2.25. The van der Waals surface area contributed by atoms with E-state index in [0.717, 1.165) is 23.8 Å². The van der Waals surface area contributed by atoms with E-state index < -0.39 is 0 Å². The number of alkyl halides is 1. The molecule has 92 valence electrons. The quantitative estimate of drug-likeness (QED) is 0.820. The van der Waals surface area contributed by atoms with Crippen molar-refractivity contribution in [3.05, 3.63) is 10.6 Å². The van der Waals surface area contributed by atoms with Gasteiger partial charge in [-0.3, -0.25) is 0 Å². The molecular weight excluding hydrogens is 240 g/mol. The average Bonchev–Trinajstić information content (AvgIpc) is 2.40. The van der Waals surface area contributed by atoms with Crippen molar-refractivity contribution in [1.82, 2.24) is 4.98 Å². The smallest absolute Gasteiger partial charge is 0.183 e. The van der Waals surface area contributed by atoms with E-state index in [2.05, 4.69) is 38.0 Å². The zero-order valence-electron chi connectivity index (χ0n) is 10.7. The number of anilines is 1. The van der Waals surface area contributed by atoms with Crippen LogP contribution in [0.4, 0.5) is 5.13 Å². The van der Waals surface area contributed by atoms with Crippen LogP contribution in [0.2, 0.25) is 0 Å². The average molecular weight is 261 g/mol. The number of aryl methyl sites for hydroxylation is 2. The molecule has 1 N–H and O–H groups in total. The van der Waals surface area contributed by atoms with Crippen LogP contribution in [0.15, 0.2) is 0 Å². The van der Waals surface area contributed by atoms with Gasteiger partial charge in [0.15, 0.2) is 5.13 Å². The van der Waals surface area contributed by atoms with E-state index in [1.807, 2.05) is 6.92 Å². The van der Waals surface area contributed by atoms with Crippen molar-refractivity contribution in [2.75, 3.05) is 11.9 Å². The van der Waals surface area contributed by atoms with Crippen LogP contribution in [-0.4, -0.2) is 16.9 Å². The predicted octanol–water partition coefficient (Wildman–Crippen LogP) is 4.22. The molecule has 1 atom stereocenters. The van der Waals surface area contributed by atoms with Crippen LogP contribution < -0.4 is 5.32 Å². The number of aromatic nitrogens is 1. The van der Waals surface area contributed by atoms with E-state index in [9.17, 15) is 0 Å². The summed E-state index contributed by atoms with van der Waals surface area (Å²) in [7, 11) is 0. The monoisotopic (exact) mass is 260 g/mol. The maximum atomic E-state index is 6.28. The van der Waals surface area contributed by atoms with Crippen molar-refractivity contribution in [3.8, 4) is 0 Å². The number of thiazole rings is 1. The lowest BCUT2D eigenvalue weighted by Gasteiger charge is -2.21. The largest absolute Gasteiger partial charge is 0.360 e. The molecule has 4 heteroatoms. The van der Waals surface area contributed by atoms with E-state index in [4.69, 9.17) is 11.6 Å². The summed E-state index contributed by atoms with van der Waals surface area (Å²) in [5.74, 6) is 0. The molecule has 0 bridgehead atoms. The van der Waals surface area contributed by atoms with Gasteiger partial charge in [0, 0.05) is 11.4 Å². The van der Waals surface area contributed by atoms with Gasteiger partial charge in [-0.1, -0.05) is 20.8 Å². The van der Waals surface area contributed by atoms with Gasteiger partial charge in [0.2, 0.25) is 0 Å². The molecule has 0 radical (unpaired) electrons. The number of hydrogen-bond acceptors (Lipinski definition) is 3. The van der Waals surface area contributed by atoms with Crippen molar-refractivity contribution >= 4 is 28.1 Å². The minimum absolute atomic E-state index is 0.157. The summed E-state index contributed by atoms with van der Waals surface area (Å²) in [4.78, 5) is 5.70. The van der Waals surface area contributed by atoms with Gasteiger partial charge in [-0.25, -0.2) is 4.98 Å². The first-order valence-electron chi connectivity index (χ1n) is 5.60. The van der Waals surface area contributed by atoms with E-state index in [1.165, 1.54) is 4.88 Å². The maximum absolute atomic E-state index is 6.28. The first kappa shape index (κ1) is 13.8. The first-order valence-corrected chi connectivity index (χ1v) is 6.85. The fraction of sp³-hybridized carbons (Fsp3) is 0.750. The fourth-order valence-corrected chi connectivity index (χ4v) is 2.84. The lowest BCUT2D eigenvalue weighted by molar-refractivity contribution is 0.373. The van der Waals surface area contributed by atoms with Crippen molar-refractivity contribution in [3.63, 3.8) is 0 Å². The minimum Gasteiger partial charge on any atom is -0.360 e. The Kier molecular flexibility index (Phi) is 4.62. The van der Waals surface area contributed by atoms with Gasteiger partial charge in [-0.05, 0) is 25.7 Å². The number of halogens is 1. The van der Waals surface area contributed by atoms with Gasteiger partial charge in [-0.2, -0.15) is 0 Å². The Hall–Kier alpha value is -0.280. The van der Waals surface area contributed by atoms with Gasteiger partial charge in [0.1, 0.15) is 0 Å². The van der Waals surface area contributed by atoms with E-state index >= 15 is 0 Å². The van der Waals surface area contributed by atoms with Crippen LogP contribution in [-0.2, 0) is 0 Å². The maximum Gasteiger partial charge on any atom is 0.183 e. The second-order valence-corrected chi connectivity index (χ2v) is 7.22. The van der Waals surface area contributed by atoms with Crippen LogP contribution in [0.3, 0.4) is 0 Å². The van der Waals surface area contributed by atoms with Crippen molar-refractivity contribution in [2.45, 2.75) is 46.4 Å². The van der Waals surface area contributed by atoms with Crippen molar-refractivity contribution in [1.29, 1.82) is 0 Å². The number of nitrogens with zero attached hydrogens (tertiary/aromatic N) is 1. The number of rotatable bonds is 4. The molecule has 1 aromatic rings. The summed E-state index contributed by atoms with van der Waals surface area (Å²) in [5, 5.41) is 4.44. The molecule has 1 unspecified atom stereocenters. The normalized spacial score (nSPS) is 13.9. The molecular formula is C12H21ClN2S. The predicted molar refractivity (Wildman–Crippen MR) is 73.8 cm³/mol. The summed E-state index contributed by atoms with van der Waals surface area (Å²) in [6, 6.07) is 0. The molecule has 1 aromatic heterocycles. The highest BCUT2D eigenvalue weighted by atomic mass is 35.5. The highest BCUT2D eigenvalue weighted by molar-refractivity contribution is 7.15. The Bertz CT molecular complexity index is 322. The molecule has 2 nitrogen and oxygen atoms in total. The second kappa shape index (κ2) is 5.37. The third-order valence-corrected chi connectivity index (χ3v) is 3.68. The number of hydrogen-bond donors (Lipinski definition) is 1. The van der Waals surface area contributed by atoms with Gasteiger partial charge in [0.25, 0.3) is 0 Å². The summed E-state index contributed by atoms with van der Waals surface area (Å²) in [6.07, 6.45) is 1.00. The zero-order chi connectivity index (χ0) is 12.3. The third-order valence-electron chi connectivity index (χ3n) is 2.34. The summed E-state index contributed by atoms with van der Waals surface area (Å²) >= 11 is 7.97. The van der Waals surface area contributed by atoms with Gasteiger partial charge in [0.05, 0.1) is 11.1 Å². The molecule has 0 aliphatic rings. The van der Waals surface area contributed by atoms with Crippen LogP contribution >= 0.6 is 22.9 Å². The Morgan fingerprint density at radius 3 is 2.44 bits per heavy atom. The second-order valence-electron chi connectivity index (χ2n) is 5.40. The standard InChI is InChI=1S/C12H21ClN2S/c1-8-9(2)16-11(15-8)14-7-10(13)6-12(3,4)5/h10H,6-7H2,1-5H3,(H,14,15). The Morgan fingerprint density at radius 2 is 2.00 bits per heavy atom. The molecule has 0 saturated carbocycles. The number of nitrogens with one attached hydrogen (secondary N) is 1. The Morgan fingerprint density at radius 1 is 1.38 bits per heavy atom. The molecule has 0 amide bonds. The summed E-state index contributed by atoms with van der Waals surface area (Å²) in [5.41, 5.74) is 1.39. The van der Waals surface area contributed by atoms with Crippen molar-refractivity contribution in [2.24, 2.45) is 5.41 Å². The zero-order valence-corrected chi connectivity index (χ0v) is 12.3. The van der Waals surface area contributed by atoms with Crippen LogP contribution in [0.25, 0.3) is 0 Å². The van der Waals surface area contributed by atoms with Gasteiger partial charge < -0.3 is 5.32 Å². The summed E-state index contributed by atoms with van der Waals surface area (Å²) in [6.45, 7) is 11.5. The molecule has 1 heterocycles.